The average Bonchev–Trinajstić information content (AvgIpc) is 2.27. The molecule has 3 heteroatoms. The van der Waals surface area contributed by atoms with Crippen molar-refractivity contribution in [3.8, 4) is 0 Å². The molecule has 1 fully saturated rings. The largest absolute Gasteiger partial charge is 0.383 e. The number of aryl methyl sites for hydroxylation is 1. The first kappa shape index (κ1) is 11.4. The Morgan fingerprint density at radius 3 is 3.12 bits per heavy atom. The fourth-order valence-electron chi connectivity index (χ4n) is 2.35. The van der Waals surface area contributed by atoms with Crippen molar-refractivity contribution >= 4 is 5.69 Å². The zero-order valence-corrected chi connectivity index (χ0v) is 10.2. The fourth-order valence-corrected chi connectivity index (χ4v) is 2.35. The van der Waals surface area contributed by atoms with Crippen LogP contribution in [0.1, 0.15) is 18.4 Å². The molecule has 1 unspecified atom stereocenters. The molecule has 0 aromatic carbocycles. The number of piperidine rings is 1. The van der Waals surface area contributed by atoms with Crippen LogP contribution in [0.25, 0.3) is 0 Å². The number of nitrogens with zero attached hydrogens (tertiary/aromatic N) is 2. The lowest BCUT2D eigenvalue weighted by Crippen LogP contribution is -2.35. The van der Waals surface area contributed by atoms with E-state index >= 15 is 0 Å². The summed E-state index contributed by atoms with van der Waals surface area (Å²) in [4.78, 5) is 6.61. The Morgan fingerprint density at radius 1 is 1.50 bits per heavy atom. The zero-order chi connectivity index (χ0) is 11.4. The van der Waals surface area contributed by atoms with Gasteiger partial charge in [-0.05, 0) is 50.9 Å². The summed E-state index contributed by atoms with van der Waals surface area (Å²) >= 11 is 0. The van der Waals surface area contributed by atoms with Gasteiger partial charge in [0.2, 0.25) is 0 Å². The van der Waals surface area contributed by atoms with E-state index in [0.717, 1.165) is 18.2 Å². The predicted octanol–water partition coefficient (Wildman–Crippen LogP) is 2.14. The number of hydrogen-bond acceptors (Lipinski definition) is 3. The molecular formula is C13H21N3. The van der Waals surface area contributed by atoms with Gasteiger partial charge >= 0.3 is 0 Å². The van der Waals surface area contributed by atoms with Gasteiger partial charge in [0.15, 0.2) is 0 Å². The Kier molecular flexibility index (Phi) is 3.78. The molecule has 1 aliphatic rings. The highest BCUT2D eigenvalue weighted by Gasteiger charge is 2.16. The summed E-state index contributed by atoms with van der Waals surface area (Å²) in [6.07, 6.45) is 6.46. The maximum atomic E-state index is 4.19. The van der Waals surface area contributed by atoms with Gasteiger partial charge in [-0.25, -0.2) is 0 Å². The predicted molar refractivity (Wildman–Crippen MR) is 67.7 cm³/mol. The number of hydrogen-bond donors (Lipinski definition) is 1. The van der Waals surface area contributed by atoms with E-state index in [1.807, 2.05) is 12.4 Å². The van der Waals surface area contributed by atoms with E-state index in [1.165, 1.54) is 31.5 Å². The van der Waals surface area contributed by atoms with Gasteiger partial charge in [-0.15, -0.1) is 0 Å². The van der Waals surface area contributed by atoms with Crippen molar-refractivity contribution < 1.29 is 0 Å². The van der Waals surface area contributed by atoms with Crippen molar-refractivity contribution in [1.82, 2.24) is 9.88 Å². The average molecular weight is 219 g/mol. The van der Waals surface area contributed by atoms with Crippen molar-refractivity contribution in [2.75, 3.05) is 32.0 Å². The summed E-state index contributed by atoms with van der Waals surface area (Å²) in [5.74, 6) is 0.777. The SMILES string of the molecule is Cc1cncc(NCC2CCCN(C)C2)c1. The van der Waals surface area contributed by atoms with Gasteiger partial charge in [0.25, 0.3) is 0 Å². The molecule has 16 heavy (non-hydrogen) atoms. The van der Waals surface area contributed by atoms with Gasteiger partial charge in [0, 0.05) is 25.5 Å². The molecule has 0 aliphatic carbocycles. The van der Waals surface area contributed by atoms with E-state index in [2.05, 4.69) is 35.2 Å². The molecule has 0 amide bonds. The number of likely N-dealkylation sites (tertiary alicyclic amines) is 1. The Labute approximate surface area is 97.9 Å². The van der Waals surface area contributed by atoms with Gasteiger partial charge < -0.3 is 10.2 Å². The van der Waals surface area contributed by atoms with Crippen LogP contribution in [0.3, 0.4) is 0 Å². The summed E-state index contributed by atoms with van der Waals surface area (Å²) in [6.45, 7) is 5.61. The van der Waals surface area contributed by atoms with Crippen LogP contribution in [0.5, 0.6) is 0 Å². The molecule has 0 spiro atoms. The smallest absolute Gasteiger partial charge is 0.0529 e. The first-order chi connectivity index (χ1) is 7.74. The highest BCUT2D eigenvalue weighted by atomic mass is 15.1. The fraction of sp³-hybridized carbons (Fsp3) is 0.615. The Bertz CT molecular complexity index is 338. The summed E-state index contributed by atoms with van der Waals surface area (Å²) in [5.41, 5.74) is 2.36. The third kappa shape index (κ3) is 3.20. The molecule has 1 aliphatic heterocycles. The standard InChI is InChI=1S/C13H21N3/c1-11-6-13(9-14-7-11)15-8-12-4-3-5-16(2)10-12/h6-7,9,12,15H,3-5,8,10H2,1-2H3. The van der Waals surface area contributed by atoms with Crippen LogP contribution in [-0.4, -0.2) is 36.6 Å². The van der Waals surface area contributed by atoms with Crippen LogP contribution in [0.15, 0.2) is 18.5 Å². The molecule has 1 aromatic rings. The summed E-state index contributed by atoms with van der Waals surface area (Å²) in [6, 6.07) is 2.15. The molecular weight excluding hydrogens is 198 g/mol. The maximum Gasteiger partial charge on any atom is 0.0529 e. The third-order valence-corrected chi connectivity index (χ3v) is 3.19. The minimum Gasteiger partial charge on any atom is -0.383 e. The van der Waals surface area contributed by atoms with Crippen molar-refractivity contribution in [3.63, 3.8) is 0 Å². The normalized spacial score (nSPS) is 22.0. The van der Waals surface area contributed by atoms with E-state index in [-0.39, 0.29) is 0 Å². The van der Waals surface area contributed by atoms with Gasteiger partial charge in [-0.3, -0.25) is 4.98 Å². The number of pyridine rings is 1. The van der Waals surface area contributed by atoms with E-state index < -0.39 is 0 Å². The van der Waals surface area contributed by atoms with Crippen LogP contribution < -0.4 is 5.32 Å². The Balaban J connectivity index is 1.82. The number of nitrogens with one attached hydrogen (secondary N) is 1. The number of anilines is 1. The zero-order valence-electron chi connectivity index (χ0n) is 10.2. The van der Waals surface area contributed by atoms with E-state index in [9.17, 15) is 0 Å². The topological polar surface area (TPSA) is 28.2 Å². The highest BCUT2D eigenvalue weighted by Crippen LogP contribution is 2.16. The molecule has 2 heterocycles. The van der Waals surface area contributed by atoms with Crippen LogP contribution in [0, 0.1) is 12.8 Å². The minimum absolute atomic E-state index is 0.777. The summed E-state index contributed by atoms with van der Waals surface area (Å²) in [5, 5.41) is 3.49. The second-order valence-corrected chi connectivity index (χ2v) is 4.90. The summed E-state index contributed by atoms with van der Waals surface area (Å²) in [7, 11) is 2.21. The molecule has 1 aromatic heterocycles. The molecule has 0 saturated carbocycles. The third-order valence-electron chi connectivity index (χ3n) is 3.19. The second-order valence-electron chi connectivity index (χ2n) is 4.90. The molecule has 1 saturated heterocycles. The van der Waals surface area contributed by atoms with Crippen LogP contribution in [0.4, 0.5) is 5.69 Å². The first-order valence-electron chi connectivity index (χ1n) is 6.08. The van der Waals surface area contributed by atoms with Gasteiger partial charge in [0.1, 0.15) is 0 Å². The number of aromatic nitrogens is 1. The van der Waals surface area contributed by atoms with E-state index in [1.54, 1.807) is 0 Å². The van der Waals surface area contributed by atoms with Gasteiger partial charge in [-0.1, -0.05) is 0 Å². The van der Waals surface area contributed by atoms with Crippen molar-refractivity contribution in [1.29, 1.82) is 0 Å². The maximum absolute atomic E-state index is 4.19. The summed E-state index contributed by atoms with van der Waals surface area (Å²) < 4.78 is 0. The molecule has 0 bridgehead atoms. The monoisotopic (exact) mass is 219 g/mol. The van der Waals surface area contributed by atoms with E-state index in [0.29, 0.717) is 0 Å². The second kappa shape index (κ2) is 5.30. The van der Waals surface area contributed by atoms with Gasteiger partial charge in [-0.2, -0.15) is 0 Å². The molecule has 88 valence electrons. The molecule has 1 atom stereocenters. The first-order valence-corrected chi connectivity index (χ1v) is 6.08. The van der Waals surface area contributed by atoms with E-state index in [4.69, 9.17) is 0 Å². The van der Waals surface area contributed by atoms with Crippen molar-refractivity contribution in [2.45, 2.75) is 19.8 Å². The quantitative estimate of drug-likeness (QED) is 0.844. The lowest BCUT2D eigenvalue weighted by Gasteiger charge is -2.29. The van der Waals surface area contributed by atoms with Crippen LogP contribution >= 0.6 is 0 Å². The minimum atomic E-state index is 0.777. The molecule has 0 radical (unpaired) electrons. The molecule has 1 N–H and O–H groups in total. The Hall–Kier alpha value is -1.09. The van der Waals surface area contributed by atoms with Crippen LogP contribution in [-0.2, 0) is 0 Å². The number of rotatable bonds is 3. The highest BCUT2D eigenvalue weighted by molar-refractivity contribution is 5.42. The Morgan fingerprint density at radius 2 is 2.38 bits per heavy atom. The van der Waals surface area contributed by atoms with Crippen molar-refractivity contribution in [3.05, 3.63) is 24.0 Å². The molecule has 3 nitrogen and oxygen atoms in total. The van der Waals surface area contributed by atoms with Crippen molar-refractivity contribution in [2.24, 2.45) is 5.92 Å². The van der Waals surface area contributed by atoms with Crippen LogP contribution in [0.2, 0.25) is 0 Å². The molecule has 2 rings (SSSR count). The lowest BCUT2D eigenvalue weighted by atomic mass is 9.98. The lowest BCUT2D eigenvalue weighted by molar-refractivity contribution is 0.217. The van der Waals surface area contributed by atoms with Gasteiger partial charge in [0.05, 0.1) is 5.69 Å².